The van der Waals surface area contributed by atoms with Gasteiger partial charge in [-0.05, 0) is 12.8 Å². The van der Waals surface area contributed by atoms with Gasteiger partial charge in [-0.25, -0.2) is 4.98 Å². The van der Waals surface area contributed by atoms with Crippen LogP contribution in [0.2, 0.25) is 0 Å². The lowest BCUT2D eigenvalue weighted by Gasteiger charge is -2.21. The molecule has 2 atom stereocenters. The molecule has 1 aromatic heterocycles. The van der Waals surface area contributed by atoms with Crippen LogP contribution in [0.1, 0.15) is 32.1 Å². The predicted octanol–water partition coefficient (Wildman–Crippen LogP) is 1.58. The summed E-state index contributed by atoms with van der Waals surface area (Å²) in [5.74, 6) is 0.753. The lowest BCUT2D eigenvalue weighted by molar-refractivity contribution is 0.144. The van der Waals surface area contributed by atoms with Crippen molar-refractivity contribution in [1.29, 1.82) is 0 Å². The second kappa shape index (κ2) is 5.07. The predicted molar refractivity (Wildman–Crippen MR) is 58.5 cm³/mol. The molecule has 0 spiro atoms. The van der Waals surface area contributed by atoms with Gasteiger partial charge < -0.3 is 10.4 Å². The molecule has 4 nitrogen and oxygen atoms in total. The zero-order valence-electron chi connectivity index (χ0n) is 8.76. The van der Waals surface area contributed by atoms with Gasteiger partial charge in [0.15, 0.2) is 0 Å². The third kappa shape index (κ3) is 2.89. The molecule has 0 radical (unpaired) electrons. The van der Waals surface area contributed by atoms with Crippen molar-refractivity contribution >= 4 is 5.82 Å². The zero-order valence-corrected chi connectivity index (χ0v) is 8.76. The topological polar surface area (TPSA) is 58.0 Å². The number of aliphatic hydroxyl groups excluding tert-OH is 1. The lowest BCUT2D eigenvalue weighted by atomic mass is 10.1. The molecule has 15 heavy (non-hydrogen) atoms. The summed E-state index contributed by atoms with van der Waals surface area (Å²) >= 11 is 0. The largest absolute Gasteiger partial charge is 0.391 e. The second-order valence-corrected chi connectivity index (χ2v) is 4.05. The number of nitrogens with one attached hydrogen (secondary N) is 1. The van der Waals surface area contributed by atoms with Crippen LogP contribution in [0.4, 0.5) is 5.82 Å². The Kier molecular flexibility index (Phi) is 3.50. The van der Waals surface area contributed by atoms with E-state index in [0.29, 0.717) is 0 Å². The Hall–Kier alpha value is -1.16. The highest BCUT2D eigenvalue weighted by atomic mass is 16.3. The Bertz CT molecular complexity index is 291. The van der Waals surface area contributed by atoms with Crippen molar-refractivity contribution in [2.24, 2.45) is 0 Å². The van der Waals surface area contributed by atoms with Crippen LogP contribution in [0, 0.1) is 0 Å². The molecule has 0 saturated heterocycles. The van der Waals surface area contributed by atoms with E-state index < -0.39 is 0 Å². The van der Waals surface area contributed by atoms with Crippen LogP contribution in [0.25, 0.3) is 0 Å². The second-order valence-electron chi connectivity index (χ2n) is 4.05. The molecule has 1 aliphatic carbocycles. The quantitative estimate of drug-likeness (QED) is 0.723. The van der Waals surface area contributed by atoms with Gasteiger partial charge in [0.05, 0.1) is 18.3 Å². The van der Waals surface area contributed by atoms with Crippen LogP contribution >= 0.6 is 0 Å². The summed E-state index contributed by atoms with van der Waals surface area (Å²) in [4.78, 5) is 8.15. The van der Waals surface area contributed by atoms with Gasteiger partial charge in [-0.15, -0.1) is 0 Å². The minimum absolute atomic E-state index is 0.129. The van der Waals surface area contributed by atoms with E-state index in [1.165, 1.54) is 12.8 Å². The normalized spacial score (nSPS) is 27.0. The number of aliphatic hydroxyl groups is 1. The molecule has 1 fully saturated rings. The smallest absolute Gasteiger partial charge is 0.144 e. The fraction of sp³-hybridized carbons (Fsp3) is 0.636. The maximum absolute atomic E-state index is 9.90. The van der Waals surface area contributed by atoms with Crippen LogP contribution in [0.5, 0.6) is 0 Å². The average Bonchev–Trinajstić information content (AvgIpc) is 2.46. The van der Waals surface area contributed by atoms with Crippen LogP contribution in [-0.2, 0) is 0 Å². The van der Waals surface area contributed by atoms with E-state index in [0.717, 1.165) is 25.1 Å². The fourth-order valence-electron chi connectivity index (χ4n) is 2.02. The summed E-state index contributed by atoms with van der Waals surface area (Å²) in [5, 5.41) is 13.1. The van der Waals surface area contributed by atoms with Crippen LogP contribution in [-0.4, -0.2) is 27.2 Å². The number of aromatic nitrogens is 2. The standard InChI is InChI=1S/C11H17N3O/c15-10-5-3-1-2-4-9(10)14-11-8-12-6-7-13-11/h6-10,15H,1-5H2,(H,13,14). The van der Waals surface area contributed by atoms with Crippen molar-refractivity contribution in [3.63, 3.8) is 0 Å². The molecule has 1 aliphatic rings. The minimum Gasteiger partial charge on any atom is -0.391 e. The van der Waals surface area contributed by atoms with Crippen molar-refractivity contribution in [3.05, 3.63) is 18.6 Å². The SMILES string of the molecule is OC1CCCCCC1Nc1cnccn1. The van der Waals surface area contributed by atoms with Crippen LogP contribution in [0.15, 0.2) is 18.6 Å². The first-order chi connectivity index (χ1) is 7.36. The molecule has 1 aromatic rings. The molecule has 2 N–H and O–H groups in total. The van der Waals surface area contributed by atoms with Crippen molar-refractivity contribution in [1.82, 2.24) is 9.97 Å². The summed E-state index contributed by atoms with van der Waals surface area (Å²) < 4.78 is 0. The summed E-state index contributed by atoms with van der Waals surface area (Å²) in [6, 6.07) is 0.129. The monoisotopic (exact) mass is 207 g/mol. The highest BCUT2D eigenvalue weighted by Gasteiger charge is 2.21. The molecule has 82 valence electrons. The van der Waals surface area contributed by atoms with Crippen molar-refractivity contribution in [3.8, 4) is 0 Å². The molecule has 1 heterocycles. The summed E-state index contributed by atoms with van der Waals surface area (Å²) in [7, 11) is 0. The molecule has 0 aromatic carbocycles. The zero-order chi connectivity index (χ0) is 10.5. The van der Waals surface area contributed by atoms with Gasteiger partial charge in [0.1, 0.15) is 5.82 Å². The summed E-state index contributed by atoms with van der Waals surface area (Å²) in [6.07, 6.45) is 10.2. The van der Waals surface area contributed by atoms with Crippen molar-refractivity contribution < 1.29 is 5.11 Å². The first kappa shape index (κ1) is 10.4. The number of nitrogens with zero attached hydrogens (tertiary/aromatic N) is 2. The van der Waals surface area contributed by atoms with Gasteiger partial charge >= 0.3 is 0 Å². The van der Waals surface area contributed by atoms with E-state index in [-0.39, 0.29) is 12.1 Å². The highest BCUT2D eigenvalue weighted by molar-refractivity contribution is 5.31. The molecule has 2 unspecified atom stereocenters. The third-order valence-corrected chi connectivity index (χ3v) is 2.88. The minimum atomic E-state index is -0.255. The molecule has 0 amide bonds. The van der Waals surface area contributed by atoms with Gasteiger partial charge in [0.25, 0.3) is 0 Å². The van der Waals surface area contributed by atoms with E-state index in [1.807, 2.05) is 0 Å². The summed E-state index contributed by atoms with van der Waals surface area (Å²) in [5.41, 5.74) is 0. The van der Waals surface area contributed by atoms with Crippen molar-refractivity contribution in [2.75, 3.05) is 5.32 Å². The lowest BCUT2D eigenvalue weighted by Crippen LogP contribution is -2.32. The number of hydrogen-bond donors (Lipinski definition) is 2. The molecular formula is C11H17N3O. The fourth-order valence-corrected chi connectivity index (χ4v) is 2.02. The first-order valence-corrected chi connectivity index (χ1v) is 5.57. The maximum Gasteiger partial charge on any atom is 0.144 e. The summed E-state index contributed by atoms with van der Waals surface area (Å²) in [6.45, 7) is 0. The van der Waals surface area contributed by atoms with Gasteiger partial charge in [0.2, 0.25) is 0 Å². The van der Waals surface area contributed by atoms with E-state index in [4.69, 9.17) is 0 Å². The Morgan fingerprint density at radius 3 is 2.87 bits per heavy atom. The Balaban J connectivity index is 1.97. The van der Waals surface area contributed by atoms with Crippen molar-refractivity contribution in [2.45, 2.75) is 44.2 Å². The Morgan fingerprint density at radius 2 is 2.07 bits per heavy atom. The van der Waals surface area contributed by atoms with Crippen LogP contribution in [0.3, 0.4) is 0 Å². The Morgan fingerprint density at radius 1 is 1.20 bits per heavy atom. The molecule has 1 saturated carbocycles. The molecule has 4 heteroatoms. The number of rotatable bonds is 2. The van der Waals surface area contributed by atoms with Gasteiger partial charge in [-0.3, -0.25) is 4.98 Å². The van der Waals surface area contributed by atoms with E-state index in [1.54, 1.807) is 18.6 Å². The molecule has 2 rings (SSSR count). The average molecular weight is 207 g/mol. The van der Waals surface area contributed by atoms with Gasteiger partial charge in [0, 0.05) is 12.4 Å². The molecule has 0 aliphatic heterocycles. The maximum atomic E-state index is 9.90. The molecule has 0 bridgehead atoms. The van der Waals surface area contributed by atoms with E-state index in [9.17, 15) is 5.11 Å². The van der Waals surface area contributed by atoms with E-state index >= 15 is 0 Å². The van der Waals surface area contributed by atoms with Crippen LogP contribution < -0.4 is 5.32 Å². The highest BCUT2D eigenvalue weighted by Crippen LogP contribution is 2.20. The number of hydrogen-bond acceptors (Lipinski definition) is 4. The first-order valence-electron chi connectivity index (χ1n) is 5.57. The number of anilines is 1. The molecular weight excluding hydrogens is 190 g/mol. The van der Waals surface area contributed by atoms with Gasteiger partial charge in [-0.1, -0.05) is 19.3 Å². The third-order valence-electron chi connectivity index (χ3n) is 2.88. The Labute approximate surface area is 89.8 Å². The van der Waals surface area contributed by atoms with E-state index in [2.05, 4.69) is 15.3 Å². The van der Waals surface area contributed by atoms with Gasteiger partial charge in [-0.2, -0.15) is 0 Å².